The molecule has 0 atom stereocenters. The average Bonchev–Trinajstić information content (AvgIpc) is 3.14. The van der Waals surface area contributed by atoms with Crippen molar-refractivity contribution in [3.05, 3.63) is 71.4 Å². The molecule has 0 spiro atoms. The number of fused-ring (bicyclic) bond motifs is 1. The highest BCUT2D eigenvalue weighted by Crippen LogP contribution is 2.31. The molecule has 1 aromatic heterocycles. The van der Waals surface area contributed by atoms with Gasteiger partial charge in [0.2, 0.25) is 0 Å². The van der Waals surface area contributed by atoms with Gasteiger partial charge in [0.25, 0.3) is 0 Å². The summed E-state index contributed by atoms with van der Waals surface area (Å²) in [5.41, 5.74) is 4.93. The van der Waals surface area contributed by atoms with Crippen LogP contribution in [0.4, 0.5) is 5.82 Å². The molecule has 1 saturated heterocycles. The average molecular weight is 429 g/mol. The van der Waals surface area contributed by atoms with E-state index in [2.05, 4.69) is 52.3 Å². The second-order valence-electron chi connectivity index (χ2n) is 8.88. The highest BCUT2D eigenvalue weighted by atomic mass is 16.5. The summed E-state index contributed by atoms with van der Waals surface area (Å²) >= 11 is 0. The Bertz CT molecular complexity index is 1040. The molecule has 0 N–H and O–H groups in total. The number of aromatic nitrogens is 2. The number of methoxy groups -OCH3 is 1. The Morgan fingerprint density at radius 2 is 1.69 bits per heavy atom. The number of benzene rings is 2. The minimum atomic E-state index is 0.866. The third-order valence-electron chi connectivity index (χ3n) is 6.60. The lowest BCUT2D eigenvalue weighted by Gasteiger charge is -2.33. The Morgan fingerprint density at radius 3 is 2.47 bits per heavy atom. The molecule has 5 rings (SSSR count). The van der Waals surface area contributed by atoms with E-state index in [4.69, 9.17) is 14.7 Å². The molecule has 1 fully saturated rings. The molecular weight excluding hydrogens is 396 g/mol. The van der Waals surface area contributed by atoms with Crippen LogP contribution in [0.1, 0.15) is 42.5 Å². The lowest BCUT2D eigenvalue weighted by molar-refractivity contribution is 0.243. The fraction of sp³-hybridized carbons (Fsp3) is 0.407. The van der Waals surface area contributed by atoms with Crippen LogP contribution in [0, 0.1) is 0 Å². The summed E-state index contributed by atoms with van der Waals surface area (Å²) in [4.78, 5) is 15.2. The van der Waals surface area contributed by atoms with E-state index < -0.39 is 0 Å². The first-order valence-electron chi connectivity index (χ1n) is 11.9. The van der Waals surface area contributed by atoms with Crippen LogP contribution in [0.3, 0.4) is 0 Å². The molecule has 0 bridgehead atoms. The lowest BCUT2D eigenvalue weighted by atomic mass is 10.0. The third kappa shape index (κ3) is 4.63. The second kappa shape index (κ2) is 9.70. The van der Waals surface area contributed by atoms with Crippen molar-refractivity contribution in [2.75, 3.05) is 31.6 Å². The number of anilines is 1. The number of rotatable bonds is 5. The van der Waals surface area contributed by atoms with Crippen molar-refractivity contribution in [2.45, 2.75) is 45.2 Å². The zero-order valence-electron chi connectivity index (χ0n) is 19.0. The zero-order chi connectivity index (χ0) is 21.8. The van der Waals surface area contributed by atoms with Gasteiger partial charge in [0.15, 0.2) is 5.82 Å². The van der Waals surface area contributed by atoms with Crippen LogP contribution < -0.4 is 9.64 Å². The van der Waals surface area contributed by atoms with Crippen molar-refractivity contribution in [2.24, 2.45) is 0 Å². The van der Waals surface area contributed by atoms with Crippen LogP contribution in [0.25, 0.3) is 11.4 Å². The van der Waals surface area contributed by atoms with Crippen LogP contribution in [-0.4, -0.2) is 41.6 Å². The number of hydrogen-bond acceptors (Lipinski definition) is 5. The van der Waals surface area contributed by atoms with Crippen LogP contribution >= 0.6 is 0 Å². The quantitative estimate of drug-likeness (QED) is 0.566. The standard InChI is InChI=1S/C27H32N4O/c1-32-23-13-9-10-21(18-23)19-30-17-14-25-24(20-30)27(31-15-7-2-3-8-16-31)29-26(28-25)22-11-5-4-6-12-22/h4-6,9-13,18H,2-3,7-8,14-17,19-20H2,1H3. The molecule has 2 aliphatic heterocycles. The number of nitrogens with zero attached hydrogens (tertiary/aromatic N) is 4. The topological polar surface area (TPSA) is 41.5 Å². The fourth-order valence-electron chi connectivity index (χ4n) is 4.88. The van der Waals surface area contributed by atoms with Crippen molar-refractivity contribution in [3.63, 3.8) is 0 Å². The van der Waals surface area contributed by atoms with E-state index >= 15 is 0 Å². The van der Waals surface area contributed by atoms with Crippen LogP contribution in [0.5, 0.6) is 5.75 Å². The smallest absolute Gasteiger partial charge is 0.161 e. The molecule has 0 saturated carbocycles. The van der Waals surface area contributed by atoms with Gasteiger partial charge in [-0.15, -0.1) is 0 Å². The first-order valence-corrected chi connectivity index (χ1v) is 11.9. The van der Waals surface area contributed by atoms with Crippen molar-refractivity contribution in [1.82, 2.24) is 14.9 Å². The molecule has 5 heteroatoms. The van der Waals surface area contributed by atoms with Gasteiger partial charge in [0.1, 0.15) is 11.6 Å². The van der Waals surface area contributed by atoms with Crippen molar-refractivity contribution < 1.29 is 4.74 Å². The van der Waals surface area contributed by atoms with E-state index in [0.717, 1.165) is 62.1 Å². The maximum atomic E-state index is 5.42. The Hall–Kier alpha value is -2.92. The first-order chi connectivity index (χ1) is 15.8. The van der Waals surface area contributed by atoms with Gasteiger partial charge in [-0.2, -0.15) is 0 Å². The predicted octanol–water partition coefficient (Wildman–Crippen LogP) is 5.09. The molecule has 2 aromatic carbocycles. The first kappa shape index (κ1) is 21.0. The minimum Gasteiger partial charge on any atom is -0.497 e. The van der Waals surface area contributed by atoms with Crippen molar-refractivity contribution in [1.29, 1.82) is 0 Å². The van der Waals surface area contributed by atoms with E-state index in [9.17, 15) is 0 Å². The second-order valence-corrected chi connectivity index (χ2v) is 8.88. The summed E-state index contributed by atoms with van der Waals surface area (Å²) in [7, 11) is 1.73. The van der Waals surface area contributed by atoms with Gasteiger partial charge in [-0.1, -0.05) is 55.3 Å². The Labute approximate surface area is 191 Å². The molecule has 32 heavy (non-hydrogen) atoms. The van der Waals surface area contributed by atoms with Gasteiger partial charge in [0, 0.05) is 50.3 Å². The summed E-state index contributed by atoms with van der Waals surface area (Å²) in [5.74, 6) is 2.94. The van der Waals surface area contributed by atoms with Gasteiger partial charge in [-0.05, 0) is 30.5 Å². The van der Waals surface area contributed by atoms with Crippen LogP contribution in [0.2, 0.25) is 0 Å². The summed E-state index contributed by atoms with van der Waals surface area (Å²) in [5, 5.41) is 0. The molecule has 0 unspecified atom stereocenters. The molecule has 0 radical (unpaired) electrons. The Kier molecular flexibility index (Phi) is 6.35. The van der Waals surface area contributed by atoms with E-state index in [0.29, 0.717) is 0 Å². The summed E-state index contributed by atoms with van der Waals surface area (Å²) in [6, 6.07) is 18.8. The number of ether oxygens (including phenoxy) is 1. The fourth-order valence-corrected chi connectivity index (χ4v) is 4.88. The molecule has 5 nitrogen and oxygen atoms in total. The Morgan fingerprint density at radius 1 is 0.875 bits per heavy atom. The van der Waals surface area contributed by atoms with Gasteiger partial charge >= 0.3 is 0 Å². The van der Waals surface area contributed by atoms with Crippen LogP contribution in [0.15, 0.2) is 54.6 Å². The van der Waals surface area contributed by atoms with Gasteiger partial charge < -0.3 is 9.64 Å². The largest absolute Gasteiger partial charge is 0.497 e. The lowest BCUT2D eigenvalue weighted by Crippen LogP contribution is -2.34. The molecule has 0 amide bonds. The molecule has 2 aliphatic rings. The highest BCUT2D eigenvalue weighted by Gasteiger charge is 2.26. The monoisotopic (exact) mass is 428 g/mol. The van der Waals surface area contributed by atoms with E-state index in [-0.39, 0.29) is 0 Å². The van der Waals surface area contributed by atoms with Gasteiger partial charge in [0.05, 0.1) is 12.8 Å². The van der Waals surface area contributed by atoms with E-state index in [1.165, 1.54) is 42.5 Å². The zero-order valence-corrected chi connectivity index (χ0v) is 19.0. The normalized spacial score (nSPS) is 17.0. The summed E-state index contributed by atoms with van der Waals surface area (Å²) in [6.07, 6.45) is 6.08. The molecule has 3 heterocycles. The highest BCUT2D eigenvalue weighted by molar-refractivity contribution is 5.61. The van der Waals surface area contributed by atoms with Crippen molar-refractivity contribution in [3.8, 4) is 17.1 Å². The Balaban J connectivity index is 1.47. The minimum absolute atomic E-state index is 0.866. The molecular formula is C27H32N4O. The van der Waals surface area contributed by atoms with E-state index in [1.807, 2.05) is 12.1 Å². The molecule has 166 valence electrons. The number of hydrogen-bond donors (Lipinski definition) is 0. The maximum absolute atomic E-state index is 5.42. The summed E-state index contributed by atoms with van der Waals surface area (Å²) in [6.45, 7) is 5.00. The van der Waals surface area contributed by atoms with Gasteiger partial charge in [-0.25, -0.2) is 9.97 Å². The predicted molar refractivity (Wildman–Crippen MR) is 129 cm³/mol. The van der Waals surface area contributed by atoms with Crippen LogP contribution in [-0.2, 0) is 19.5 Å². The van der Waals surface area contributed by atoms with Crippen molar-refractivity contribution >= 4 is 5.82 Å². The summed E-state index contributed by atoms with van der Waals surface area (Å²) < 4.78 is 5.42. The molecule has 0 aliphatic carbocycles. The van der Waals surface area contributed by atoms with E-state index in [1.54, 1.807) is 7.11 Å². The third-order valence-corrected chi connectivity index (χ3v) is 6.60. The maximum Gasteiger partial charge on any atom is 0.161 e. The SMILES string of the molecule is COc1cccc(CN2CCc3nc(-c4ccccc4)nc(N4CCCCCC4)c3C2)c1. The van der Waals surface area contributed by atoms with Gasteiger partial charge in [-0.3, -0.25) is 4.90 Å². The molecule has 3 aromatic rings.